The van der Waals surface area contributed by atoms with Crippen LogP contribution >= 0.6 is 11.6 Å². The van der Waals surface area contributed by atoms with Crippen LogP contribution in [0.1, 0.15) is 23.7 Å². The molecule has 0 aromatic heterocycles. The third-order valence-corrected chi connectivity index (χ3v) is 3.19. The molecule has 0 aliphatic carbocycles. The molecule has 0 N–H and O–H groups in total. The van der Waals surface area contributed by atoms with Gasteiger partial charge in [0.2, 0.25) is 0 Å². The van der Waals surface area contributed by atoms with E-state index in [0.29, 0.717) is 10.6 Å². The lowest BCUT2D eigenvalue weighted by Gasteiger charge is -2.28. The normalized spacial score (nSPS) is 15.9. The van der Waals surface area contributed by atoms with Gasteiger partial charge in [0, 0.05) is 18.7 Å². The van der Waals surface area contributed by atoms with Gasteiger partial charge in [-0.1, -0.05) is 23.3 Å². The Hall–Kier alpha value is -1.28. The molecule has 0 unspecified atom stereocenters. The van der Waals surface area contributed by atoms with Crippen molar-refractivity contribution in [1.29, 1.82) is 0 Å². The van der Waals surface area contributed by atoms with E-state index in [1.165, 1.54) is 5.57 Å². The second kappa shape index (κ2) is 4.71. The highest BCUT2D eigenvalue weighted by Gasteiger charge is 2.13. The Kier molecular flexibility index (Phi) is 3.30. The molecule has 2 rings (SSSR count). The van der Waals surface area contributed by atoms with Crippen LogP contribution in [0.25, 0.3) is 0 Å². The molecule has 2 nitrogen and oxygen atoms in total. The molecule has 1 aliphatic rings. The minimum atomic E-state index is 0.623. The molecule has 0 radical (unpaired) electrons. The van der Waals surface area contributed by atoms with E-state index in [1.807, 2.05) is 6.07 Å². The van der Waals surface area contributed by atoms with Gasteiger partial charge in [-0.15, -0.1) is 0 Å². The Balaban J connectivity index is 2.24. The zero-order valence-corrected chi connectivity index (χ0v) is 10.00. The van der Waals surface area contributed by atoms with Gasteiger partial charge in [-0.3, -0.25) is 4.79 Å². The first-order chi connectivity index (χ1) is 7.70. The maximum Gasteiger partial charge on any atom is 0.150 e. The summed E-state index contributed by atoms with van der Waals surface area (Å²) in [5.74, 6) is 0. The predicted octanol–water partition coefficient (Wildman–Crippen LogP) is 3.31. The lowest BCUT2D eigenvalue weighted by Crippen LogP contribution is -2.28. The summed E-state index contributed by atoms with van der Waals surface area (Å²) in [5, 5.41) is 0.651. The number of benzene rings is 1. The topological polar surface area (TPSA) is 20.3 Å². The summed E-state index contributed by atoms with van der Waals surface area (Å²) in [6.45, 7) is 4.03. The zero-order valence-electron chi connectivity index (χ0n) is 9.24. The first kappa shape index (κ1) is 11.2. The maximum absolute atomic E-state index is 10.6. The van der Waals surface area contributed by atoms with Crippen molar-refractivity contribution in [3.05, 3.63) is 40.4 Å². The van der Waals surface area contributed by atoms with Gasteiger partial charge in [0.25, 0.3) is 0 Å². The number of aldehydes is 1. The van der Waals surface area contributed by atoms with Crippen molar-refractivity contribution in [3.63, 3.8) is 0 Å². The van der Waals surface area contributed by atoms with Crippen LogP contribution in [0.4, 0.5) is 5.69 Å². The van der Waals surface area contributed by atoms with Gasteiger partial charge >= 0.3 is 0 Å². The van der Waals surface area contributed by atoms with Crippen molar-refractivity contribution in [2.45, 2.75) is 13.3 Å². The monoisotopic (exact) mass is 235 g/mol. The van der Waals surface area contributed by atoms with Gasteiger partial charge < -0.3 is 4.90 Å². The van der Waals surface area contributed by atoms with E-state index in [0.717, 1.165) is 31.5 Å². The fourth-order valence-corrected chi connectivity index (χ4v) is 2.15. The molecule has 0 fully saturated rings. The zero-order chi connectivity index (χ0) is 11.5. The number of carbonyl (C=O) groups excluding carboxylic acids is 1. The van der Waals surface area contributed by atoms with Crippen LogP contribution in [0.2, 0.25) is 5.02 Å². The number of nitrogens with zero attached hydrogens (tertiary/aromatic N) is 1. The molecule has 0 atom stereocenters. The fraction of sp³-hybridized carbons (Fsp3) is 0.308. The standard InChI is InChI=1S/C13H14ClNO/c1-10-4-6-15(7-5-10)13-3-2-11(9-16)8-12(13)14/h2-4,8-9H,5-7H2,1H3. The van der Waals surface area contributed by atoms with Crippen molar-refractivity contribution in [2.24, 2.45) is 0 Å². The summed E-state index contributed by atoms with van der Waals surface area (Å²) in [4.78, 5) is 12.8. The van der Waals surface area contributed by atoms with E-state index >= 15 is 0 Å². The summed E-state index contributed by atoms with van der Waals surface area (Å²) < 4.78 is 0. The van der Waals surface area contributed by atoms with Crippen LogP contribution in [0.15, 0.2) is 29.8 Å². The van der Waals surface area contributed by atoms with Crippen LogP contribution in [0.5, 0.6) is 0 Å². The van der Waals surface area contributed by atoms with Gasteiger partial charge in [-0.05, 0) is 31.5 Å². The van der Waals surface area contributed by atoms with Crippen LogP contribution in [-0.2, 0) is 0 Å². The molecule has 3 heteroatoms. The van der Waals surface area contributed by atoms with Gasteiger partial charge in [-0.2, -0.15) is 0 Å². The summed E-state index contributed by atoms with van der Waals surface area (Å²) in [6, 6.07) is 5.44. The largest absolute Gasteiger partial charge is 0.366 e. The lowest BCUT2D eigenvalue weighted by molar-refractivity contribution is 0.112. The quantitative estimate of drug-likeness (QED) is 0.579. The minimum Gasteiger partial charge on any atom is -0.366 e. The van der Waals surface area contributed by atoms with E-state index in [-0.39, 0.29) is 0 Å². The maximum atomic E-state index is 10.6. The highest BCUT2D eigenvalue weighted by molar-refractivity contribution is 6.33. The third kappa shape index (κ3) is 2.27. The number of carbonyl (C=O) groups is 1. The molecular formula is C13H14ClNO. The van der Waals surface area contributed by atoms with E-state index < -0.39 is 0 Å². The van der Waals surface area contributed by atoms with Gasteiger partial charge in [-0.25, -0.2) is 0 Å². The number of hydrogen-bond donors (Lipinski definition) is 0. The molecule has 1 aliphatic heterocycles. The Morgan fingerprint density at radius 1 is 1.44 bits per heavy atom. The Morgan fingerprint density at radius 2 is 2.25 bits per heavy atom. The second-order valence-corrected chi connectivity index (χ2v) is 4.48. The molecule has 1 aromatic carbocycles. The van der Waals surface area contributed by atoms with Crippen molar-refractivity contribution in [2.75, 3.05) is 18.0 Å². The lowest BCUT2D eigenvalue weighted by atomic mass is 10.1. The van der Waals surface area contributed by atoms with E-state index in [4.69, 9.17) is 11.6 Å². The van der Waals surface area contributed by atoms with Gasteiger partial charge in [0.1, 0.15) is 6.29 Å². The molecule has 0 bridgehead atoms. The second-order valence-electron chi connectivity index (χ2n) is 4.08. The number of halogens is 1. The minimum absolute atomic E-state index is 0.623. The average molecular weight is 236 g/mol. The number of rotatable bonds is 2. The molecule has 84 valence electrons. The van der Waals surface area contributed by atoms with E-state index in [9.17, 15) is 4.79 Å². The Morgan fingerprint density at radius 3 is 2.81 bits per heavy atom. The molecule has 0 amide bonds. The molecule has 1 heterocycles. The molecule has 0 spiro atoms. The molecule has 1 aromatic rings. The number of hydrogen-bond acceptors (Lipinski definition) is 2. The first-order valence-electron chi connectivity index (χ1n) is 5.36. The number of anilines is 1. The van der Waals surface area contributed by atoms with Crippen molar-refractivity contribution >= 4 is 23.6 Å². The molecule has 0 saturated heterocycles. The Labute approximate surface area is 101 Å². The highest BCUT2D eigenvalue weighted by Crippen LogP contribution is 2.28. The van der Waals surface area contributed by atoms with Crippen molar-refractivity contribution in [3.8, 4) is 0 Å². The fourth-order valence-electron chi connectivity index (χ4n) is 1.84. The molecule has 16 heavy (non-hydrogen) atoms. The Bertz CT molecular complexity index is 440. The van der Waals surface area contributed by atoms with Gasteiger partial charge in [0.15, 0.2) is 0 Å². The van der Waals surface area contributed by atoms with Crippen molar-refractivity contribution in [1.82, 2.24) is 0 Å². The van der Waals surface area contributed by atoms with Crippen molar-refractivity contribution < 1.29 is 4.79 Å². The smallest absolute Gasteiger partial charge is 0.150 e. The average Bonchev–Trinajstić information content (AvgIpc) is 2.30. The SMILES string of the molecule is CC1=CCN(c2ccc(C=O)cc2Cl)CC1. The van der Waals surface area contributed by atoms with Crippen LogP contribution in [0, 0.1) is 0 Å². The van der Waals surface area contributed by atoms with E-state index in [1.54, 1.807) is 12.1 Å². The predicted molar refractivity (Wildman–Crippen MR) is 67.4 cm³/mol. The van der Waals surface area contributed by atoms with Gasteiger partial charge in [0.05, 0.1) is 10.7 Å². The summed E-state index contributed by atoms with van der Waals surface area (Å²) in [7, 11) is 0. The van der Waals surface area contributed by atoms with E-state index in [2.05, 4.69) is 17.9 Å². The summed E-state index contributed by atoms with van der Waals surface area (Å²) >= 11 is 6.16. The van der Waals surface area contributed by atoms with Crippen LogP contribution in [-0.4, -0.2) is 19.4 Å². The van der Waals surface area contributed by atoms with Crippen LogP contribution in [0.3, 0.4) is 0 Å². The molecule has 0 saturated carbocycles. The third-order valence-electron chi connectivity index (χ3n) is 2.88. The molecular weight excluding hydrogens is 222 g/mol. The summed E-state index contributed by atoms with van der Waals surface area (Å²) in [6.07, 6.45) is 4.11. The summed E-state index contributed by atoms with van der Waals surface area (Å²) in [5.41, 5.74) is 3.06. The van der Waals surface area contributed by atoms with Crippen LogP contribution < -0.4 is 4.90 Å². The highest BCUT2D eigenvalue weighted by atomic mass is 35.5. The first-order valence-corrected chi connectivity index (χ1v) is 5.74.